The van der Waals surface area contributed by atoms with E-state index in [-0.39, 0.29) is 27.0 Å². The standard InChI is InChI=1S/C19H20FIN6O2/c1-2-6-26(19(21)29)7-3-4-14(22)17(28)12-9-24-16-15(12)13(20)10-25-18(16)27-8-5-23-11-27/h5,8-11,22,24H,2-4,6-7H2,1H3. The Morgan fingerprint density at radius 2 is 2.17 bits per heavy atom. The smallest absolute Gasteiger partial charge is 0.283 e. The summed E-state index contributed by atoms with van der Waals surface area (Å²) < 4.78 is 16.0. The van der Waals surface area contributed by atoms with Gasteiger partial charge in [-0.25, -0.2) is 14.4 Å². The molecule has 0 aliphatic heterocycles. The van der Waals surface area contributed by atoms with Crippen LogP contribution in [0.3, 0.4) is 0 Å². The van der Waals surface area contributed by atoms with Gasteiger partial charge in [0.2, 0.25) is 5.78 Å². The molecule has 3 aromatic heterocycles. The number of ketones is 1. The fourth-order valence-corrected chi connectivity index (χ4v) is 3.62. The number of fused-ring (bicyclic) bond motifs is 1. The summed E-state index contributed by atoms with van der Waals surface area (Å²) in [5.74, 6) is -0.757. The van der Waals surface area contributed by atoms with Crippen LogP contribution in [0.1, 0.15) is 36.5 Å². The normalized spacial score (nSPS) is 11.0. The van der Waals surface area contributed by atoms with Gasteiger partial charge in [0.15, 0.2) is 11.6 Å². The zero-order chi connectivity index (χ0) is 21.0. The molecule has 3 rings (SSSR count). The number of nitrogens with zero attached hydrogens (tertiary/aromatic N) is 4. The summed E-state index contributed by atoms with van der Waals surface area (Å²) in [6.45, 7) is 3.10. The molecule has 0 saturated heterocycles. The number of aromatic amines is 1. The van der Waals surface area contributed by atoms with Gasteiger partial charge < -0.3 is 15.3 Å². The van der Waals surface area contributed by atoms with E-state index >= 15 is 0 Å². The molecular weight excluding hydrogens is 490 g/mol. The van der Waals surface area contributed by atoms with Crippen molar-refractivity contribution in [3.05, 3.63) is 42.5 Å². The minimum Gasteiger partial charge on any atom is -0.357 e. The van der Waals surface area contributed by atoms with Gasteiger partial charge in [-0.05, 0) is 19.3 Å². The van der Waals surface area contributed by atoms with Crippen LogP contribution in [0.2, 0.25) is 0 Å². The lowest BCUT2D eigenvalue weighted by Crippen LogP contribution is -2.28. The topological polar surface area (TPSA) is 108 Å². The number of carbonyl (C=O) groups is 2. The quantitative estimate of drug-likeness (QED) is 0.148. The molecular formula is C19H20FIN6O2. The highest BCUT2D eigenvalue weighted by Crippen LogP contribution is 2.26. The first-order chi connectivity index (χ1) is 13.9. The molecule has 0 aromatic carbocycles. The van der Waals surface area contributed by atoms with Crippen LogP contribution < -0.4 is 0 Å². The third-order valence-corrected chi connectivity index (χ3v) is 5.19. The fourth-order valence-electron chi connectivity index (χ4n) is 3.13. The molecule has 10 heteroatoms. The second kappa shape index (κ2) is 9.25. The number of rotatable bonds is 9. The average Bonchev–Trinajstić information content (AvgIpc) is 3.37. The molecule has 0 bridgehead atoms. The van der Waals surface area contributed by atoms with E-state index in [9.17, 15) is 14.0 Å². The van der Waals surface area contributed by atoms with Crippen molar-refractivity contribution in [1.82, 2.24) is 24.4 Å². The second-order valence-electron chi connectivity index (χ2n) is 6.50. The van der Waals surface area contributed by atoms with E-state index in [4.69, 9.17) is 5.41 Å². The molecule has 0 aliphatic rings. The van der Waals surface area contributed by atoms with Gasteiger partial charge in [0.1, 0.15) is 6.33 Å². The molecule has 0 fully saturated rings. The number of hydrogen-bond donors (Lipinski definition) is 2. The van der Waals surface area contributed by atoms with Crippen molar-refractivity contribution < 1.29 is 14.0 Å². The Kier molecular flexibility index (Phi) is 6.72. The number of carbonyl (C=O) groups excluding carboxylic acids is 2. The first-order valence-corrected chi connectivity index (χ1v) is 10.2. The number of pyridine rings is 1. The number of hydrogen-bond acceptors (Lipinski definition) is 5. The molecule has 3 heterocycles. The summed E-state index contributed by atoms with van der Waals surface area (Å²) in [5, 5.41) is 8.25. The van der Waals surface area contributed by atoms with Gasteiger partial charge in [0.25, 0.3) is 3.91 Å². The van der Waals surface area contributed by atoms with Crippen molar-refractivity contribution in [2.75, 3.05) is 13.1 Å². The van der Waals surface area contributed by atoms with Gasteiger partial charge in [-0.3, -0.25) is 14.2 Å². The zero-order valence-electron chi connectivity index (χ0n) is 15.8. The number of Topliss-reactive ketones (excluding diaryl/α,β-unsaturated/α-hetero) is 1. The molecule has 0 aliphatic carbocycles. The highest BCUT2D eigenvalue weighted by atomic mass is 127. The van der Waals surface area contributed by atoms with E-state index in [0.717, 1.165) is 12.6 Å². The maximum absolute atomic E-state index is 14.5. The molecule has 29 heavy (non-hydrogen) atoms. The minimum absolute atomic E-state index is 0.0551. The highest BCUT2D eigenvalue weighted by molar-refractivity contribution is 14.1. The predicted molar refractivity (Wildman–Crippen MR) is 116 cm³/mol. The van der Waals surface area contributed by atoms with Crippen molar-refractivity contribution in [3.8, 4) is 5.82 Å². The van der Waals surface area contributed by atoms with E-state index in [1.165, 1.54) is 12.5 Å². The number of amides is 1. The maximum Gasteiger partial charge on any atom is 0.283 e. The van der Waals surface area contributed by atoms with Gasteiger partial charge in [-0.15, -0.1) is 0 Å². The van der Waals surface area contributed by atoms with Crippen LogP contribution in [-0.4, -0.2) is 52.9 Å². The fraction of sp³-hybridized carbons (Fsp3) is 0.316. The molecule has 8 nitrogen and oxygen atoms in total. The van der Waals surface area contributed by atoms with Crippen LogP contribution >= 0.6 is 22.6 Å². The Balaban J connectivity index is 1.78. The molecule has 0 atom stereocenters. The zero-order valence-corrected chi connectivity index (χ0v) is 17.9. The first kappa shape index (κ1) is 21.1. The van der Waals surface area contributed by atoms with Crippen molar-refractivity contribution in [1.29, 1.82) is 5.41 Å². The first-order valence-electron chi connectivity index (χ1n) is 9.14. The third-order valence-electron chi connectivity index (χ3n) is 4.51. The van der Waals surface area contributed by atoms with Crippen molar-refractivity contribution in [2.45, 2.75) is 26.2 Å². The lowest BCUT2D eigenvalue weighted by Gasteiger charge is -2.18. The van der Waals surface area contributed by atoms with Crippen molar-refractivity contribution in [3.63, 3.8) is 0 Å². The maximum atomic E-state index is 14.5. The van der Waals surface area contributed by atoms with E-state index in [1.54, 1.807) is 44.5 Å². The van der Waals surface area contributed by atoms with Crippen molar-refractivity contribution >= 4 is 48.9 Å². The number of imidazole rings is 1. The number of halogens is 2. The van der Waals surface area contributed by atoms with Crippen LogP contribution in [0, 0.1) is 11.2 Å². The Hall–Kier alpha value is -2.63. The Bertz CT molecular complexity index is 1050. The monoisotopic (exact) mass is 510 g/mol. The van der Waals surface area contributed by atoms with E-state index < -0.39 is 11.6 Å². The summed E-state index contributed by atoms with van der Waals surface area (Å²) in [7, 11) is 0. The Morgan fingerprint density at radius 1 is 1.38 bits per heavy atom. The summed E-state index contributed by atoms with van der Waals surface area (Å²) in [5.41, 5.74) is 0.342. The van der Waals surface area contributed by atoms with Crippen LogP contribution in [0.4, 0.5) is 9.18 Å². The summed E-state index contributed by atoms with van der Waals surface area (Å²) in [6.07, 6.45) is 8.77. The lowest BCUT2D eigenvalue weighted by molar-refractivity contribution is 0.106. The van der Waals surface area contributed by atoms with Crippen LogP contribution in [0.5, 0.6) is 0 Å². The number of nitrogens with one attached hydrogen (secondary N) is 2. The number of aromatic nitrogens is 4. The Labute approximate surface area is 180 Å². The Morgan fingerprint density at radius 3 is 2.83 bits per heavy atom. The summed E-state index contributed by atoms with van der Waals surface area (Å²) in [4.78, 5) is 37.0. The second-order valence-corrected chi connectivity index (χ2v) is 7.43. The predicted octanol–water partition coefficient (Wildman–Crippen LogP) is 4.14. The molecule has 0 spiro atoms. The average molecular weight is 510 g/mol. The van der Waals surface area contributed by atoms with Crippen LogP contribution in [0.15, 0.2) is 31.1 Å². The third kappa shape index (κ3) is 4.52. The molecule has 3 aromatic rings. The SMILES string of the molecule is CCCN(CCCC(=N)C(=O)c1c[nH]c2c(-n3ccnc3)ncc(F)c12)C(=O)I. The van der Waals surface area contributed by atoms with E-state index in [1.807, 2.05) is 6.92 Å². The number of H-pyrrole nitrogens is 1. The van der Waals surface area contributed by atoms with Crippen LogP contribution in [-0.2, 0) is 0 Å². The van der Waals surface area contributed by atoms with Crippen molar-refractivity contribution in [2.24, 2.45) is 0 Å². The van der Waals surface area contributed by atoms with Gasteiger partial charge in [0.05, 0.1) is 28.4 Å². The lowest BCUT2D eigenvalue weighted by atomic mass is 10.0. The van der Waals surface area contributed by atoms with E-state index in [0.29, 0.717) is 30.8 Å². The van der Waals surface area contributed by atoms with Gasteiger partial charge in [-0.1, -0.05) is 6.92 Å². The largest absolute Gasteiger partial charge is 0.357 e. The van der Waals surface area contributed by atoms with E-state index in [2.05, 4.69) is 15.0 Å². The summed E-state index contributed by atoms with van der Waals surface area (Å²) >= 11 is 1.74. The molecule has 0 unspecified atom stereocenters. The van der Waals surface area contributed by atoms with Gasteiger partial charge in [0, 0.05) is 54.3 Å². The molecule has 152 valence electrons. The summed E-state index contributed by atoms with van der Waals surface area (Å²) in [6, 6.07) is 0. The molecule has 0 saturated carbocycles. The molecule has 0 radical (unpaired) electrons. The van der Waals surface area contributed by atoms with Crippen LogP contribution in [0.25, 0.3) is 16.7 Å². The molecule has 2 N–H and O–H groups in total. The van der Waals surface area contributed by atoms with Gasteiger partial charge in [-0.2, -0.15) is 0 Å². The van der Waals surface area contributed by atoms with Gasteiger partial charge >= 0.3 is 0 Å². The molecule has 1 amide bonds. The highest BCUT2D eigenvalue weighted by Gasteiger charge is 2.22. The minimum atomic E-state index is -0.633.